The summed E-state index contributed by atoms with van der Waals surface area (Å²) >= 11 is 6.18. The lowest BCUT2D eigenvalue weighted by Crippen LogP contribution is -2.20. The second kappa shape index (κ2) is 6.50. The van der Waals surface area contributed by atoms with E-state index in [1.807, 2.05) is 13.1 Å². The Balaban J connectivity index is 2.07. The summed E-state index contributed by atoms with van der Waals surface area (Å²) in [5, 5.41) is 4.04. The zero-order valence-electron chi connectivity index (χ0n) is 12.4. The first kappa shape index (κ1) is 14.4. The van der Waals surface area contributed by atoms with Crippen LogP contribution in [0.4, 0.5) is 11.4 Å². The Morgan fingerprint density at radius 1 is 1.10 bits per heavy atom. The molecule has 2 aromatic carbocycles. The molecule has 1 N–H and O–H groups in total. The summed E-state index contributed by atoms with van der Waals surface area (Å²) in [5.74, 6) is 0. The smallest absolute Gasteiger partial charge is 0.0457 e. The summed E-state index contributed by atoms with van der Waals surface area (Å²) < 4.78 is 0. The Morgan fingerprint density at radius 2 is 1.95 bits per heavy atom. The van der Waals surface area contributed by atoms with Gasteiger partial charge in [0.2, 0.25) is 0 Å². The molecule has 2 aromatic rings. The number of aryl methyl sites for hydroxylation is 1. The van der Waals surface area contributed by atoms with Gasteiger partial charge in [0.25, 0.3) is 0 Å². The predicted molar refractivity (Wildman–Crippen MR) is 90.6 cm³/mol. The number of nitrogens with one attached hydrogen (secondary N) is 1. The minimum Gasteiger partial charge on any atom is -0.341 e. The number of para-hydroxylation sites is 1. The maximum absolute atomic E-state index is 6.18. The standard InChI is InChI=1S/C18H21ClN2/c1-20-13-15-12-16(19)9-10-18(15)21-11-5-4-7-14-6-2-3-8-17(14)21/h2-3,6,8-10,12,20H,4-5,7,11,13H2,1H3. The molecule has 0 aromatic heterocycles. The average molecular weight is 301 g/mol. The minimum atomic E-state index is 0.798. The van der Waals surface area contributed by atoms with E-state index in [1.54, 1.807) is 0 Å². The summed E-state index contributed by atoms with van der Waals surface area (Å²) in [7, 11) is 1.97. The molecular formula is C18H21ClN2. The second-order valence-corrected chi connectivity index (χ2v) is 5.98. The van der Waals surface area contributed by atoms with Gasteiger partial charge in [-0.25, -0.2) is 0 Å². The molecule has 1 heterocycles. The molecule has 110 valence electrons. The van der Waals surface area contributed by atoms with E-state index < -0.39 is 0 Å². The highest BCUT2D eigenvalue weighted by atomic mass is 35.5. The first-order valence-electron chi connectivity index (χ1n) is 7.58. The molecule has 0 radical (unpaired) electrons. The second-order valence-electron chi connectivity index (χ2n) is 5.54. The number of hydrogen-bond donors (Lipinski definition) is 1. The largest absolute Gasteiger partial charge is 0.341 e. The Kier molecular flexibility index (Phi) is 4.47. The monoisotopic (exact) mass is 300 g/mol. The van der Waals surface area contributed by atoms with Crippen LogP contribution in [0, 0.1) is 0 Å². The van der Waals surface area contributed by atoms with Crippen molar-refractivity contribution in [2.24, 2.45) is 0 Å². The van der Waals surface area contributed by atoms with Gasteiger partial charge in [-0.05, 0) is 61.7 Å². The molecule has 0 atom stereocenters. The summed E-state index contributed by atoms with van der Waals surface area (Å²) in [6.45, 7) is 1.89. The quantitative estimate of drug-likeness (QED) is 0.895. The summed E-state index contributed by atoms with van der Waals surface area (Å²) in [5.41, 5.74) is 5.31. The van der Waals surface area contributed by atoms with E-state index in [4.69, 9.17) is 11.6 Å². The maximum Gasteiger partial charge on any atom is 0.0457 e. The van der Waals surface area contributed by atoms with Crippen molar-refractivity contribution in [2.75, 3.05) is 18.5 Å². The number of fused-ring (bicyclic) bond motifs is 1. The molecule has 0 fully saturated rings. The van der Waals surface area contributed by atoms with Crippen LogP contribution in [0.5, 0.6) is 0 Å². The van der Waals surface area contributed by atoms with Crippen LogP contribution in [-0.4, -0.2) is 13.6 Å². The van der Waals surface area contributed by atoms with Crippen molar-refractivity contribution in [3.63, 3.8) is 0 Å². The third kappa shape index (κ3) is 3.07. The number of rotatable bonds is 3. The van der Waals surface area contributed by atoms with Crippen molar-refractivity contribution >= 4 is 23.0 Å². The third-order valence-electron chi connectivity index (χ3n) is 4.06. The molecule has 0 unspecified atom stereocenters. The highest BCUT2D eigenvalue weighted by molar-refractivity contribution is 6.30. The van der Waals surface area contributed by atoms with E-state index >= 15 is 0 Å². The van der Waals surface area contributed by atoms with Crippen LogP contribution in [0.2, 0.25) is 5.02 Å². The van der Waals surface area contributed by atoms with Crippen LogP contribution in [0.1, 0.15) is 24.0 Å². The van der Waals surface area contributed by atoms with E-state index in [2.05, 4.69) is 46.6 Å². The van der Waals surface area contributed by atoms with Crippen LogP contribution in [0.3, 0.4) is 0 Å². The fourth-order valence-corrected chi connectivity index (χ4v) is 3.29. The fourth-order valence-electron chi connectivity index (χ4n) is 3.09. The van der Waals surface area contributed by atoms with Crippen molar-refractivity contribution in [1.82, 2.24) is 5.32 Å². The Morgan fingerprint density at radius 3 is 2.81 bits per heavy atom. The van der Waals surface area contributed by atoms with Gasteiger partial charge in [-0.3, -0.25) is 0 Å². The average Bonchev–Trinajstić information content (AvgIpc) is 2.70. The first-order valence-corrected chi connectivity index (χ1v) is 7.96. The van der Waals surface area contributed by atoms with Gasteiger partial charge in [0.15, 0.2) is 0 Å². The Labute approximate surface area is 131 Å². The van der Waals surface area contributed by atoms with E-state index in [1.165, 1.54) is 41.8 Å². The first-order chi connectivity index (χ1) is 10.3. The van der Waals surface area contributed by atoms with E-state index in [9.17, 15) is 0 Å². The van der Waals surface area contributed by atoms with E-state index in [0.29, 0.717) is 0 Å². The van der Waals surface area contributed by atoms with Gasteiger partial charge in [0, 0.05) is 29.5 Å². The third-order valence-corrected chi connectivity index (χ3v) is 4.29. The number of anilines is 2. The zero-order valence-corrected chi connectivity index (χ0v) is 13.2. The topological polar surface area (TPSA) is 15.3 Å². The molecule has 1 aliphatic rings. The summed E-state index contributed by atoms with van der Waals surface area (Å²) in [4.78, 5) is 2.45. The van der Waals surface area contributed by atoms with Crippen LogP contribution in [0.25, 0.3) is 0 Å². The predicted octanol–water partition coefficient (Wildman–Crippen LogP) is 4.53. The van der Waals surface area contributed by atoms with Crippen LogP contribution < -0.4 is 10.2 Å². The van der Waals surface area contributed by atoms with Gasteiger partial charge in [-0.2, -0.15) is 0 Å². The molecule has 2 nitrogen and oxygen atoms in total. The minimum absolute atomic E-state index is 0.798. The molecule has 0 spiro atoms. The Bertz CT molecular complexity index is 624. The summed E-state index contributed by atoms with van der Waals surface area (Å²) in [6, 6.07) is 15.0. The number of nitrogens with zero attached hydrogens (tertiary/aromatic N) is 1. The lowest BCUT2D eigenvalue weighted by atomic mass is 10.1. The van der Waals surface area contributed by atoms with Gasteiger partial charge in [-0.15, -0.1) is 0 Å². The highest BCUT2D eigenvalue weighted by Gasteiger charge is 2.18. The molecule has 1 aliphatic heterocycles. The zero-order chi connectivity index (χ0) is 14.7. The SMILES string of the molecule is CNCc1cc(Cl)ccc1N1CCCCc2ccccc21. The molecule has 0 bridgehead atoms. The van der Waals surface area contributed by atoms with Gasteiger partial charge in [0.05, 0.1) is 0 Å². The lowest BCUT2D eigenvalue weighted by Gasteiger charge is -2.27. The van der Waals surface area contributed by atoms with Gasteiger partial charge in [0.1, 0.15) is 0 Å². The molecule has 0 saturated heterocycles. The van der Waals surface area contributed by atoms with Gasteiger partial charge >= 0.3 is 0 Å². The van der Waals surface area contributed by atoms with Gasteiger partial charge < -0.3 is 10.2 Å². The molecule has 3 heteroatoms. The molecule has 3 rings (SSSR count). The molecule has 0 aliphatic carbocycles. The molecular weight excluding hydrogens is 280 g/mol. The molecule has 0 amide bonds. The lowest BCUT2D eigenvalue weighted by molar-refractivity contribution is 0.755. The van der Waals surface area contributed by atoms with Crippen molar-refractivity contribution in [3.8, 4) is 0 Å². The Hall–Kier alpha value is -1.51. The fraction of sp³-hybridized carbons (Fsp3) is 0.333. The van der Waals surface area contributed by atoms with Gasteiger partial charge in [-0.1, -0.05) is 29.8 Å². The van der Waals surface area contributed by atoms with Crippen molar-refractivity contribution in [2.45, 2.75) is 25.8 Å². The van der Waals surface area contributed by atoms with E-state index in [-0.39, 0.29) is 0 Å². The summed E-state index contributed by atoms with van der Waals surface area (Å²) in [6.07, 6.45) is 3.64. The van der Waals surface area contributed by atoms with Crippen LogP contribution in [0.15, 0.2) is 42.5 Å². The van der Waals surface area contributed by atoms with Crippen molar-refractivity contribution in [3.05, 3.63) is 58.6 Å². The van der Waals surface area contributed by atoms with E-state index in [0.717, 1.165) is 18.1 Å². The van der Waals surface area contributed by atoms with Crippen molar-refractivity contribution < 1.29 is 0 Å². The van der Waals surface area contributed by atoms with Crippen molar-refractivity contribution in [1.29, 1.82) is 0 Å². The molecule has 0 saturated carbocycles. The number of hydrogen-bond acceptors (Lipinski definition) is 2. The number of benzene rings is 2. The van der Waals surface area contributed by atoms with Crippen LogP contribution in [-0.2, 0) is 13.0 Å². The maximum atomic E-state index is 6.18. The number of halogens is 1. The van der Waals surface area contributed by atoms with Crippen LogP contribution >= 0.6 is 11.6 Å². The molecule has 21 heavy (non-hydrogen) atoms. The normalized spacial score (nSPS) is 14.7. The highest BCUT2D eigenvalue weighted by Crippen LogP contribution is 2.35.